The van der Waals surface area contributed by atoms with E-state index in [0.29, 0.717) is 17.8 Å². The maximum Gasteiger partial charge on any atom is 0.218 e. The fourth-order valence-electron chi connectivity index (χ4n) is 4.56. The Labute approximate surface area is 163 Å². The highest BCUT2D eigenvalue weighted by Crippen LogP contribution is 2.37. The van der Waals surface area contributed by atoms with E-state index in [-0.39, 0.29) is 0 Å². The number of rotatable bonds is 3. The Bertz CT molecular complexity index is 1020. The summed E-state index contributed by atoms with van der Waals surface area (Å²) >= 11 is 0. The average molecular weight is 380 g/mol. The maximum atomic E-state index is 5.27. The van der Waals surface area contributed by atoms with Crippen LogP contribution in [0.1, 0.15) is 18.7 Å². The monoisotopic (exact) mass is 380 g/mol. The summed E-state index contributed by atoms with van der Waals surface area (Å²) in [6.07, 6.45) is 5.79. The van der Waals surface area contributed by atoms with Gasteiger partial charge in [0.25, 0.3) is 0 Å². The van der Waals surface area contributed by atoms with E-state index in [1.807, 2.05) is 30.9 Å². The third-order valence-corrected chi connectivity index (χ3v) is 5.98. The molecule has 0 amide bonds. The van der Waals surface area contributed by atoms with Gasteiger partial charge in [0, 0.05) is 32.7 Å². The number of hydrogen-bond acceptors (Lipinski definition) is 8. The third kappa shape index (κ3) is 2.73. The molecule has 2 unspecified atom stereocenters. The Kier molecular flexibility index (Phi) is 4.03. The Balaban J connectivity index is 1.48. The minimum Gasteiger partial charge on any atom is -0.481 e. The lowest BCUT2D eigenvalue weighted by molar-refractivity contribution is 0.384. The van der Waals surface area contributed by atoms with E-state index >= 15 is 0 Å². The molecule has 3 aromatic heterocycles. The zero-order chi connectivity index (χ0) is 19.3. The van der Waals surface area contributed by atoms with E-state index < -0.39 is 0 Å². The van der Waals surface area contributed by atoms with E-state index in [4.69, 9.17) is 9.72 Å². The molecule has 2 atom stereocenters. The second-order valence-electron chi connectivity index (χ2n) is 7.56. The Hall–Kier alpha value is -2.97. The number of ether oxygens (including phenoxy) is 1. The molecule has 5 heterocycles. The highest BCUT2D eigenvalue weighted by Gasteiger charge is 2.40. The van der Waals surface area contributed by atoms with Gasteiger partial charge < -0.3 is 14.5 Å². The van der Waals surface area contributed by atoms with E-state index in [2.05, 4.69) is 29.9 Å². The van der Waals surface area contributed by atoms with Crippen molar-refractivity contribution in [2.75, 3.05) is 36.5 Å². The lowest BCUT2D eigenvalue weighted by Gasteiger charge is -2.39. The Morgan fingerprint density at radius 3 is 2.86 bits per heavy atom. The van der Waals surface area contributed by atoms with Crippen molar-refractivity contribution in [3.63, 3.8) is 0 Å². The molecule has 0 aromatic carbocycles. The number of anilines is 2. The molecule has 146 valence electrons. The van der Waals surface area contributed by atoms with Gasteiger partial charge in [0.2, 0.25) is 5.88 Å². The number of fused-ring (bicyclic) bond motifs is 2. The van der Waals surface area contributed by atoms with E-state index in [0.717, 1.165) is 54.5 Å². The zero-order valence-corrected chi connectivity index (χ0v) is 16.4. The van der Waals surface area contributed by atoms with Crippen molar-refractivity contribution in [2.24, 2.45) is 13.0 Å². The molecule has 0 saturated carbocycles. The van der Waals surface area contributed by atoms with Crippen LogP contribution in [0.4, 0.5) is 11.6 Å². The van der Waals surface area contributed by atoms with Crippen LogP contribution in [0.3, 0.4) is 0 Å². The van der Waals surface area contributed by atoms with Gasteiger partial charge in [-0.25, -0.2) is 19.9 Å². The molecule has 0 aliphatic carbocycles. The van der Waals surface area contributed by atoms with Crippen molar-refractivity contribution < 1.29 is 4.74 Å². The number of aromatic nitrogens is 6. The molecule has 2 aliphatic rings. The van der Waals surface area contributed by atoms with Crippen molar-refractivity contribution in [3.05, 3.63) is 24.4 Å². The fourth-order valence-corrected chi connectivity index (χ4v) is 4.56. The van der Waals surface area contributed by atoms with Gasteiger partial charge in [0.1, 0.15) is 23.8 Å². The summed E-state index contributed by atoms with van der Waals surface area (Å²) in [5.41, 5.74) is 0.888. The van der Waals surface area contributed by atoms with Gasteiger partial charge in [-0.2, -0.15) is 5.10 Å². The zero-order valence-electron chi connectivity index (χ0n) is 16.4. The second kappa shape index (κ2) is 6.57. The maximum absolute atomic E-state index is 5.27. The van der Waals surface area contributed by atoms with Crippen LogP contribution in [-0.2, 0) is 7.05 Å². The first kappa shape index (κ1) is 17.2. The SMILES string of the molecule is COc1cc(N2CCC3CCN(c4nc(C)nc5c4cnn5C)C3C2)ncn1. The van der Waals surface area contributed by atoms with Crippen LogP contribution in [0.15, 0.2) is 18.6 Å². The summed E-state index contributed by atoms with van der Waals surface area (Å²) in [5, 5.41) is 5.42. The van der Waals surface area contributed by atoms with Gasteiger partial charge in [-0.1, -0.05) is 0 Å². The van der Waals surface area contributed by atoms with Gasteiger partial charge in [0.05, 0.1) is 24.7 Å². The molecule has 9 nitrogen and oxygen atoms in total. The van der Waals surface area contributed by atoms with Crippen LogP contribution >= 0.6 is 0 Å². The molecule has 2 aliphatic heterocycles. The highest BCUT2D eigenvalue weighted by atomic mass is 16.5. The molecule has 3 aromatic rings. The molecular formula is C19H24N8O. The molecule has 9 heteroatoms. The first-order valence-corrected chi connectivity index (χ1v) is 9.68. The van der Waals surface area contributed by atoms with Gasteiger partial charge >= 0.3 is 0 Å². The highest BCUT2D eigenvalue weighted by molar-refractivity contribution is 5.87. The van der Waals surface area contributed by atoms with Crippen molar-refractivity contribution in [1.29, 1.82) is 0 Å². The summed E-state index contributed by atoms with van der Waals surface area (Å²) in [7, 11) is 3.56. The summed E-state index contributed by atoms with van der Waals surface area (Å²) < 4.78 is 7.09. The van der Waals surface area contributed by atoms with Crippen LogP contribution in [0.25, 0.3) is 11.0 Å². The minimum atomic E-state index is 0.396. The van der Waals surface area contributed by atoms with Gasteiger partial charge in [-0.3, -0.25) is 4.68 Å². The summed E-state index contributed by atoms with van der Waals surface area (Å²) in [6.45, 7) is 4.87. The molecule has 2 saturated heterocycles. The fraction of sp³-hybridized carbons (Fsp3) is 0.526. The standard InChI is InChI=1S/C19H24N8O/c1-12-23-18-14(9-22-25(18)2)19(24-12)27-7-5-13-4-6-26(10-15(13)27)16-8-17(28-3)21-11-20-16/h8-9,11,13,15H,4-7,10H2,1-3H3. The predicted octanol–water partition coefficient (Wildman–Crippen LogP) is 1.58. The second-order valence-corrected chi connectivity index (χ2v) is 7.56. The first-order chi connectivity index (χ1) is 13.6. The van der Waals surface area contributed by atoms with Gasteiger partial charge in [-0.15, -0.1) is 0 Å². The van der Waals surface area contributed by atoms with Gasteiger partial charge in [0.15, 0.2) is 5.65 Å². The van der Waals surface area contributed by atoms with Crippen molar-refractivity contribution in [3.8, 4) is 5.88 Å². The van der Waals surface area contributed by atoms with E-state index in [9.17, 15) is 0 Å². The number of hydrogen-bond donors (Lipinski definition) is 0. The molecule has 5 rings (SSSR count). The summed E-state index contributed by atoms with van der Waals surface area (Å²) in [6, 6.07) is 2.31. The molecule has 0 spiro atoms. The third-order valence-electron chi connectivity index (χ3n) is 5.98. The molecule has 0 radical (unpaired) electrons. The summed E-state index contributed by atoms with van der Waals surface area (Å²) in [5.74, 6) is 3.97. The average Bonchev–Trinajstić information content (AvgIpc) is 3.31. The number of nitrogens with zero attached hydrogens (tertiary/aromatic N) is 8. The normalized spacial score (nSPS) is 22.0. The Morgan fingerprint density at radius 2 is 2.00 bits per heavy atom. The predicted molar refractivity (Wildman–Crippen MR) is 106 cm³/mol. The number of piperidine rings is 1. The van der Waals surface area contributed by atoms with Crippen LogP contribution < -0.4 is 14.5 Å². The lowest BCUT2D eigenvalue weighted by atomic mass is 9.92. The van der Waals surface area contributed by atoms with Crippen molar-refractivity contribution in [2.45, 2.75) is 25.8 Å². The van der Waals surface area contributed by atoms with Crippen LogP contribution in [-0.4, -0.2) is 62.5 Å². The smallest absolute Gasteiger partial charge is 0.218 e. The lowest BCUT2D eigenvalue weighted by Crippen LogP contribution is -2.49. The quantitative estimate of drug-likeness (QED) is 0.677. The summed E-state index contributed by atoms with van der Waals surface area (Å²) in [4.78, 5) is 22.8. The van der Waals surface area contributed by atoms with E-state index in [1.54, 1.807) is 13.4 Å². The van der Waals surface area contributed by atoms with Crippen molar-refractivity contribution >= 4 is 22.7 Å². The van der Waals surface area contributed by atoms with Crippen LogP contribution in [0.2, 0.25) is 0 Å². The molecular weight excluding hydrogens is 356 g/mol. The molecule has 2 fully saturated rings. The number of aryl methyl sites for hydroxylation is 2. The Morgan fingerprint density at radius 1 is 1.14 bits per heavy atom. The van der Waals surface area contributed by atoms with E-state index in [1.165, 1.54) is 6.42 Å². The van der Waals surface area contributed by atoms with Crippen LogP contribution in [0.5, 0.6) is 5.88 Å². The molecule has 0 N–H and O–H groups in total. The largest absolute Gasteiger partial charge is 0.481 e. The molecule has 0 bridgehead atoms. The minimum absolute atomic E-state index is 0.396. The number of methoxy groups -OCH3 is 1. The van der Waals surface area contributed by atoms with Crippen LogP contribution in [0, 0.1) is 12.8 Å². The topological polar surface area (TPSA) is 85.1 Å². The first-order valence-electron chi connectivity index (χ1n) is 9.68. The molecule has 28 heavy (non-hydrogen) atoms. The van der Waals surface area contributed by atoms with Crippen molar-refractivity contribution in [1.82, 2.24) is 29.7 Å². The van der Waals surface area contributed by atoms with Gasteiger partial charge in [-0.05, 0) is 25.7 Å².